The Morgan fingerprint density at radius 3 is 2.20 bits per heavy atom. The van der Waals surface area contributed by atoms with Crippen molar-refractivity contribution in [2.75, 3.05) is 26.7 Å². The van der Waals surface area contributed by atoms with Crippen LogP contribution in [-0.2, 0) is 9.47 Å². The largest absolute Gasteiger partial charge is 0.444 e. The molecule has 1 fully saturated rings. The van der Waals surface area contributed by atoms with Crippen LogP contribution in [0.3, 0.4) is 0 Å². The second kappa shape index (κ2) is 6.76. The van der Waals surface area contributed by atoms with Gasteiger partial charge in [0.05, 0.1) is 5.60 Å². The Hall–Kier alpha value is -0.810. The zero-order valence-corrected chi connectivity index (χ0v) is 13.8. The van der Waals surface area contributed by atoms with E-state index in [1.807, 2.05) is 20.8 Å². The third-order valence-corrected chi connectivity index (χ3v) is 3.47. The molecule has 0 bridgehead atoms. The summed E-state index contributed by atoms with van der Waals surface area (Å²) < 4.78 is 10.7. The van der Waals surface area contributed by atoms with Crippen molar-refractivity contribution < 1.29 is 14.3 Å². The van der Waals surface area contributed by atoms with Crippen molar-refractivity contribution in [3.63, 3.8) is 0 Å². The Bertz CT molecular complexity index is 316. The fraction of sp³-hybridized carbons (Fsp3) is 0.933. The number of carbonyl (C=O) groups excluding carboxylic acids is 1. The average Bonchev–Trinajstić information content (AvgIpc) is 2.29. The van der Waals surface area contributed by atoms with Gasteiger partial charge in [-0.2, -0.15) is 0 Å². The standard InChI is InChI=1S/C15H30N2O3/c1-14(2,3)20-13(18)16-12-7-9-17(10-8-12)11-15(4,5)19-6/h12H,7-11H2,1-6H3,(H,16,18). The Labute approximate surface area is 123 Å². The third kappa shape index (κ3) is 6.57. The first kappa shape index (κ1) is 17.2. The highest BCUT2D eigenvalue weighted by atomic mass is 16.6. The van der Waals surface area contributed by atoms with Gasteiger partial charge in [0.25, 0.3) is 0 Å². The van der Waals surface area contributed by atoms with Crippen molar-refractivity contribution >= 4 is 6.09 Å². The normalized spacial score (nSPS) is 18.9. The highest BCUT2D eigenvalue weighted by Gasteiger charge is 2.27. The van der Waals surface area contributed by atoms with Crippen LogP contribution < -0.4 is 5.32 Å². The molecule has 0 aliphatic carbocycles. The minimum absolute atomic E-state index is 0.120. The van der Waals surface area contributed by atoms with E-state index in [1.165, 1.54) is 0 Å². The van der Waals surface area contributed by atoms with Crippen molar-refractivity contribution in [3.8, 4) is 0 Å². The highest BCUT2D eigenvalue weighted by Crippen LogP contribution is 2.16. The summed E-state index contributed by atoms with van der Waals surface area (Å²) in [7, 11) is 1.75. The summed E-state index contributed by atoms with van der Waals surface area (Å²) in [4.78, 5) is 14.1. The van der Waals surface area contributed by atoms with Gasteiger partial charge in [-0.05, 0) is 47.5 Å². The smallest absolute Gasteiger partial charge is 0.407 e. The van der Waals surface area contributed by atoms with Crippen LogP contribution in [0.25, 0.3) is 0 Å². The molecular formula is C15H30N2O3. The first-order valence-electron chi connectivity index (χ1n) is 7.38. The summed E-state index contributed by atoms with van der Waals surface area (Å²) in [6, 6.07) is 0.215. The van der Waals surface area contributed by atoms with Crippen LogP contribution in [0.5, 0.6) is 0 Å². The maximum atomic E-state index is 11.7. The van der Waals surface area contributed by atoms with E-state index in [1.54, 1.807) is 7.11 Å². The lowest BCUT2D eigenvalue weighted by atomic mass is 10.0. The van der Waals surface area contributed by atoms with E-state index in [-0.39, 0.29) is 17.7 Å². The van der Waals surface area contributed by atoms with Crippen LogP contribution in [0.15, 0.2) is 0 Å². The molecule has 0 aromatic carbocycles. The number of likely N-dealkylation sites (tertiary alicyclic amines) is 1. The van der Waals surface area contributed by atoms with Gasteiger partial charge in [-0.3, -0.25) is 0 Å². The predicted molar refractivity (Wildman–Crippen MR) is 79.9 cm³/mol. The first-order chi connectivity index (χ1) is 9.11. The van der Waals surface area contributed by atoms with E-state index >= 15 is 0 Å². The molecule has 5 heteroatoms. The highest BCUT2D eigenvalue weighted by molar-refractivity contribution is 5.68. The fourth-order valence-electron chi connectivity index (χ4n) is 2.31. The maximum Gasteiger partial charge on any atom is 0.407 e. The molecule has 0 spiro atoms. The number of alkyl carbamates (subject to hydrolysis) is 1. The van der Waals surface area contributed by atoms with Gasteiger partial charge in [0.15, 0.2) is 0 Å². The van der Waals surface area contributed by atoms with Gasteiger partial charge in [0.1, 0.15) is 5.60 Å². The van der Waals surface area contributed by atoms with Crippen LogP contribution in [-0.4, -0.2) is 55.0 Å². The molecule has 0 unspecified atom stereocenters. The number of nitrogens with one attached hydrogen (secondary N) is 1. The zero-order chi connectivity index (χ0) is 15.4. The lowest BCUT2D eigenvalue weighted by molar-refractivity contribution is -0.0137. The molecule has 1 N–H and O–H groups in total. The second-order valence-corrected chi connectivity index (χ2v) is 7.16. The topological polar surface area (TPSA) is 50.8 Å². The summed E-state index contributed by atoms with van der Waals surface area (Å²) in [6.07, 6.45) is 1.60. The van der Waals surface area contributed by atoms with Gasteiger partial charge in [-0.25, -0.2) is 4.79 Å². The van der Waals surface area contributed by atoms with Crippen LogP contribution in [0.2, 0.25) is 0 Å². The van der Waals surface area contributed by atoms with Gasteiger partial charge in [-0.15, -0.1) is 0 Å². The SMILES string of the molecule is COC(C)(C)CN1CCC(NC(=O)OC(C)(C)C)CC1. The van der Waals surface area contributed by atoms with Gasteiger partial charge in [-0.1, -0.05) is 0 Å². The van der Waals surface area contributed by atoms with Crippen molar-refractivity contribution in [3.05, 3.63) is 0 Å². The average molecular weight is 286 g/mol. The summed E-state index contributed by atoms with van der Waals surface area (Å²) in [5.74, 6) is 0. The van der Waals surface area contributed by atoms with Crippen LogP contribution in [0.1, 0.15) is 47.5 Å². The number of carbonyl (C=O) groups is 1. The Morgan fingerprint density at radius 2 is 1.75 bits per heavy atom. The Balaban J connectivity index is 2.30. The predicted octanol–water partition coefficient (Wildman–Crippen LogP) is 2.40. The molecule has 1 aliphatic heterocycles. The van der Waals surface area contributed by atoms with Crippen molar-refractivity contribution in [2.24, 2.45) is 0 Å². The second-order valence-electron chi connectivity index (χ2n) is 7.16. The van der Waals surface area contributed by atoms with E-state index in [4.69, 9.17) is 9.47 Å². The van der Waals surface area contributed by atoms with E-state index < -0.39 is 5.60 Å². The lowest BCUT2D eigenvalue weighted by Crippen LogP contribution is -2.49. The molecule has 20 heavy (non-hydrogen) atoms. The first-order valence-corrected chi connectivity index (χ1v) is 7.38. The number of hydrogen-bond donors (Lipinski definition) is 1. The molecule has 1 saturated heterocycles. The number of rotatable bonds is 4. The van der Waals surface area contributed by atoms with Crippen LogP contribution in [0.4, 0.5) is 4.79 Å². The molecule has 1 rings (SSSR count). The minimum atomic E-state index is -0.437. The number of methoxy groups -OCH3 is 1. The van der Waals surface area contributed by atoms with Gasteiger partial charge in [0.2, 0.25) is 0 Å². The molecule has 0 radical (unpaired) electrons. The number of amides is 1. The molecule has 118 valence electrons. The van der Waals surface area contributed by atoms with Crippen molar-refractivity contribution in [1.82, 2.24) is 10.2 Å². The minimum Gasteiger partial charge on any atom is -0.444 e. The molecule has 0 atom stereocenters. The third-order valence-electron chi connectivity index (χ3n) is 3.47. The summed E-state index contributed by atoms with van der Waals surface area (Å²) in [6.45, 7) is 12.7. The number of nitrogens with zero attached hydrogens (tertiary/aromatic N) is 1. The summed E-state index contributed by atoms with van der Waals surface area (Å²) in [5, 5.41) is 2.95. The molecule has 1 amide bonds. The summed E-state index contributed by atoms with van der Waals surface area (Å²) >= 11 is 0. The van der Waals surface area contributed by atoms with E-state index in [0.717, 1.165) is 32.5 Å². The van der Waals surface area contributed by atoms with E-state index in [2.05, 4.69) is 24.1 Å². The number of piperidine rings is 1. The fourth-order valence-corrected chi connectivity index (χ4v) is 2.31. The van der Waals surface area contributed by atoms with Gasteiger partial charge < -0.3 is 19.7 Å². The molecule has 1 aliphatic rings. The zero-order valence-electron chi connectivity index (χ0n) is 13.8. The summed E-state index contributed by atoms with van der Waals surface area (Å²) in [5.41, 5.74) is -0.557. The number of hydrogen-bond acceptors (Lipinski definition) is 4. The van der Waals surface area contributed by atoms with E-state index in [9.17, 15) is 4.79 Å². The Morgan fingerprint density at radius 1 is 1.20 bits per heavy atom. The van der Waals surface area contributed by atoms with Gasteiger partial charge in [0, 0.05) is 32.8 Å². The van der Waals surface area contributed by atoms with Crippen LogP contribution in [0, 0.1) is 0 Å². The van der Waals surface area contributed by atoms with Gasteiger partial charge >= 0.3 is 6.09 Å². The van der Waals surface area contributed by atoms with Crippen molar-refractivity contribution in [2.45, 2.75) is 64.7 Å². The molecule has 1 heterocycles. The van der Waals surface area contributed by atoms with E-state index in [0.29, 0.717) is 0 Å². The molecule has 0 aromatic rings. The number of ether oxygens (including phenoxy) is 2. The quantitative estimate of drug-likeness (QED) is 0.862. The molecule has 5 nitrogen and oxygen atoms in total. The lowest BCUT2D eigenvalue weighted by Gasteiger charge is -2.37. The molecule has 0 saturated carbocycles. The Kier molecular flexibility index (Phi) is 5.83. The molecular weight excluding hydrogens is 256 g/mol. The molecule has 0 aromatic heterocycles. The maximum absolute atomic E-state index is 11.7. The monoisotopic (exact) mass is 286 g/mol. The van der Waals surface area contributed by atoms with Crippen LogP contribution >= 0.6 is 0 Å². The van der Waals surface area contributed by atoms with Crippen molar-refractivity contribution in [1.29, 1.82) is 0 Å².